The number of benzene rings is 1. The molecule has 0 aliphatic carbocycles. The predicted molar refractivity (Wildman–Crippen MR) is 101 cm³/mol. The molecule has 0 fully saturated rings. The fourth-order valence-electron chi connectivity index (χ4n) is 2.76. The van der Waals surface area contributed by atoms with Gasteiger partial charge >= 0.3 is 5.97 Å². The van der Waals surface area contributed by atoms with Crippen LogP contribution < -0.4 is 5.56 Å². The van der Waals surface area contributed by atoms with Crippen LogP contribution in [0.1, 0.15) is 26.4 Å². The van der Waals surface area contributed by atoms with Crippen molar-refractivity contribution >= 4 is 27.5 Å². The van der Waals surface area contributed by atoms with E-state index in [1.54, 1.807) is 18.6 Å². The Bertz CT molecular complexity index is 1010. The van der Waals surface area contributed by atoms with Gasteiger partial charge in [-0.25, -0.2) is 9.78 Å². The topological polar surface area (TPSA) is 70.4 Å². The van der Waals surface area contributed by atoms with E-state index in [9.17, 15) is 9.59 Å². The molecule has 0 atom stereocenters. The first-order chi connectivity index (χ1) is 12.5. The number of hydrogen-bond acceptors (Lipinski definition) is 6. The van der Waals surface area contributed by atoms with E-state index >= 15 is 0 Å². The third kappa shape index (κ3) is 3.68. The maximum atomic E-state index is 12.9. The molecule has 136 valence electrons. The molecule has 7 heteroatoms. The fourth-order valence-corrected chi connectivity index (χ4v) is 3.79. The normalized spacial score (nSPS) is 11.0. The molecule has 2 aromatic heterocycles. The molecule has 0 saturated carbocycles. The summed E-state index contributed by atoms with van der Waals surface area (Å²) in [6.45, 7) is 4.71. The van der Waals surface area contributed by atoms with Gasteiger partial charge in [0, 0.05) is 7.11 Å². The predicted octanol–water partition coefficient (Wildman–Crippen LogP) is 2.93. The van der Waals surface area contributed by atoms with Crippen molar-refractivity contribution in [1.29, 1.82) is 0 Å². The molecule has 6 nitrogen and oxygen atoms in total. The number of rotatable bonds is 6. The van der Waals surface area contributed by atoms with E-state index in [4.69, 9.17) is 9.47 Å². The summed E-state index contributed by atoms with van der Waals surface area (Å²) in [6.07, 6.45) is 1.53. The van der Waals surface area contributed by atoms with Gasteiger partial charge in [-0.2, -0.15) is 0 Å². The summed E-state index contributed by atoms with van der Waals surface area (Å²) in [7, 11) is 1.54. The maximum Gasteiger partial charge on any atom is 0.348 e. The minimum absolute atomic E-state index is 0.152. The molecule has 0 saturated heterocycles. The van der Waals surface area contributed by atoms with E-state index in [2.05, 4.69) is 4.98 Å². The first-order valence-electron chi connectivity index (χ1n) is 8.21. The number of carbonyl (C=O) groups excluding carboxylic acids is 1. The van der Waals surface area contributed by atoms with E-state index in [0.29, 0.717) is 33.8 Å². The molecule has 2 heterocycles. The van der Waals surface area contributed by atoms with Gasteiger partial charge in [0.15, 0.2) is 0 Å². The average molecular weight is 372 g/mol. The van der Waals surface area contributed by atoms with Gasteiger partial charge in [-0.3, -0.25) is 9.36 Å². The second kappa shape index (κ2) is 7.80. The molecule has 3 rings (SSSR count). The number of carbonyl (C=O) groups is 1. The number of esters is 1. The van der Waals surface area contributed by atoms with Crippen molar-refractivity contribution in [3.8, 4) is 0 Å². The molecule has 0 N–H and O–H groups in total. The Morgan fingerprint density at radius 2 is 2.08 bits per heavy atom. The van der Waals surface area contributed by atoms with E-state index < -0.39 is 5.97 Å². The lowest BCUT2D eigenvalue weighted by atomic mass is 10.1. The van der Waals surface area contributed by atoms with Gasteiger partial charge in [0.05, 0.1) is 24.9 Å². The molecule has 26 heavy (non-hydrogen) atoms. The smallest absolute Gasteiger partial charge is 0.348 e. The SMILES string of the molecule is COCCOC(=O)c1sc2ncn(Cc3cccc(C)c3)c(=O)c2c1C. The third-order valence-corrected chi connectivity index (χ3v) is 5.24. The van der Waals surface area contributed by atoms with Gasteiger partial charge in [0.25, 0.3) is 5.56 Å². The second-order valence-electron chi connectivity index (χ2n) is 6.03. The van der Waals surface area contributed by atoms with E-state index in [1.165, 1.54) is 17.7 Å². The van der Waals surface area contributed by atoms with Crippen molar-refractivity contribution in [2.24, 2.45) is 0 Å². The molecule has 0 bridgehead atoms. The van der Waals surface area contributed by atoms with Crippen LogP contribution in [0, 0.1) is 13.8 Å². The molecule has 3 aromatic rings. The zero-order valence-corrected chi connectivity index (χ0v) is 15.8. The lowest BCUT2D eigenvalue weighted by Gasteiger charge is -2.06. The fraction of sp³-hybridized carbons (Fsp3) is 0.316. The Kier molecular flexibility index (Phi) is 5.49. The molecule has 0 unspecified atom stereocenters. The van der Waals surface area contributed by atoms with Crippen molar-refractivity contribution in [2.75, 3.05) is 20.3 Å². The van der Waals surface area contributed by atoms with Crippen LogP contribution >= 0.6 is 11.3 Å². The summed E-state index contributed by atoms with van der Waals surface area (Å²) in [5.41, 5.74) is 2.63. The molecule has 0 radical (unpaired) electrons. The lowest BCUT2D eigenvalue weighted by molar-refractivity contribution is 0.0393. The summed E-state index contributed by atoms with van der Waals surface area (Å²) < 4.78 is 11.6. The molecule has 0 aliphatic heterocycles. The van der Waals surface area contributed by atoms with Gasteiger partial charge in [0.2, 0.25) is 0 Å². The first-order valence-corrected chi connectivity index (χ1v) is 9.03. The van der Waals surface area contributed by atoms with Crippen LogP contribution in [0.25, 0.3) is 10.2 Å². The van der Waals surface area contributed by atoms with Gasteiger partial charge in [-0.05, 0) is 25.0 Å². The molecule has 1 aromatic carbocycles. The monoisotopic (exact) mass is 372 g/mol. The number of ether oxygens (including phenoxy) is 2. The summed E-state index contributed by atoms with van der Waals surface area (Å²) in [5, 5.41) is 0.476. The highest BCUT2D eigenvalue weighted by atomic mass is 32.1. The molecule has 0 spiro atoms. The standard InChI is InChI=1S/C19H20N2O4S/c1-12-5-4-6-14(9-12)10-21-11-20-17-15(18(21)22)13(2)16(26-17)19(23)25-8-7-24-3/h4-6,9,11H,7-8,10H2,1-3H3. The maximum absolute atomic E-state index is 12.9. The Balaban J connectivity index is 1.95. The van der Waals surface area contributed by atoms with Crippen molar-refractivity contribution in [3.63, 3.8) is 0 Å². The number of aromatic nitrogens is 2. The van der Waals surface area contributed by atoms with Crippen LogP contribution in [-0.4, -0.2) is 35.8 Å². The van der Waals surface area contributed by atoms with E-state index in [0.717, 1.165) is 11.1 Å². The van der Waals surface area contributed by atoms with Gasteiger partial charge in [-0.1, -0.05) is 29.8 Å². The molecular weight excluding hydrogens is 352 g/mol. The minimum Gasteiger partial charge on any atom is -0.459 e. The van der Waals surface area contributed by atoms with Gasteiger partial charge in [0.1, 0.15) is 16.3 Å². The van der Waals surface area contributed by atoms with E-state index in [-0.39, 0.29) is 12.2 Å². The number of hydrogen-bond donors (Lipinski definition) is 0. The van der Waals surface area contributed by atoms with Crippen molar-refractivity contribution in [2.45, 2.75) is 20.4 Å². The van der Waals surface area contributed by atoms with Crippen LogP contribution in [0.2, 0.25) is 0 Å². The van der Waals surface area contributed by atoms with Gasteiger partial charge < -0.3 is 9.47 Å². The van der Waals surface area contributed by atoms with Crippen molar-refractivity contribution < 1.29 is 14.3 Å². The molecule has 0 aliphatic rings. The van der Waals surface area contributed by atoms with Crippen molar-refractivity contribution in [1.82, 2.24) is 9.55 Å². The Morgan fingerprint density at radius 3 is 2.81 bits per heavy atom. The third-order valence-electron chi connectivity index (χ3n) is 4.06. The summed E-state index contributed by atoms with van der Waals surface area (Å²) in [5.74, 6) is -0.452. The quantitative estimate of drug-likeness (QED) is 0.491. The Labute approximate surface area is 155 Å². The second-order valence-corrected chi connectivity index (χ2v) is 7.03. The zero-order chi connectivity index (χ0) is 18.7. The highest BCUT2D eigenvalue weighted by Crippen LogP contribution is 2.27. The first kappa shape index (κ1) is 18.3. The number of methoxy groups -OCH3 is 1. The van der Waals surface area contributed by atoms with Crippen molar-refractivity contribution in [3.05, 3.63) is 62.5 Å². The van der Waals surface area contributed by atoms with Crippen LogP contribution in [0.5, 0.6) is 0 Å². The van der Waals surface area contributed by atoms with Crippen LogP contribution in [0.15, 0.2) is 35.4 Å². The Morgan fingerprint density at radius 1 is 1.27 bits per heavy atom. The number of aryl methyl sites for hydroxylation is 2. The van der Waals surface area contributed by atoms with E-state index in [1.807, 2.05) is 31.2 Å². The number of thiophene rings is 1. The highest BCUT2D eigenvalue weighted by molar-refractivity contribution is 7.20. The van der Waals surface area contributed by atoms with Crippen LogP contribution in [0.4, 0.5) is 0 Å². The minimum atomic E-state index is -0.452. The lowest BCUT2D eigenvalue weighted by Crippen LogP contribution is -2.21. The molecular formula is C19H20N2O4S. The molecule has 0 amide bonds. The number of nitrogens with zero attached hydrogens (tertiary/aromatic N) is 2. The highest BCUT2D eigenvalue weighted by Gasteiger charge is 2.20. The van der Waals surface area contributed by atoms with Crippen LogP contribution in [0.3, 0.4) is 0 Å². The number of fused-ring (bicyclic) bond motifs is 1. The van der Waals surface area contributed by atoms with Gasteiger partial charge in [-0.15, -0.1) is 11.3 Å². The Hall–Kier alpha value is -2.51. The summed E-state index contributed by atoms with van der Waals surface area (Å²) >= 11 is 1.18. The zero-order valence-electron chi connectivity index (χ0n) is 14.9. The van der Waals surface area contributed by atoms with Crippen LogP contribution in [-0.2, 0) is 16.0 Å². The summed E-state index contributed by atoms with van der Waals surface area (Å²) in [4.78, 5) is 30.5. The largest absolute Gasteiger partial charge is 0.459 e. The summed E-state index contributed by atoms with van der Waals surface area (Å²) in [6, 6.07) is 7.99. The average Bonchev–Trinajstić information content (AvgIpc) is 2.95.